The molecule has 2 atom stereocenters. The Kier molecular flexibility index (Phi) is 3.19. The highest BCUT2D eigenvalue weighted by Gasteiger charge is 2.21. The Hall–Kier alpha value is -0.410. The molecule has 3 heteroatoms. The van der Waals surface area contributed by atoms with Crippen molar-refractivity contribution in [3.63, 3.8) is 0 Å². The van der Waals surface area contributed by atoms with Crippen LogP contribution in [0.5, 0.6) is 0 Å². The summed E-state index contributed by atoms with van der Waals surface area (Å²) in [6.07, 6.45) is 1.38. The molecular weight excluding hydrogens is 192 g/mol. The van der Waals surface area contributed by atoms with Gasteiger partial charge in [0.25, 0.3) is 0 Å². The summed E-state index contributed by atoms with van der Waals surface area (Å²) in [7, 11) is 0. The summed E-state index contributed by atoms with van der Waals surface area (Å²) in [5, 5.41) is 2.16. The van der Waals surface area contributed by atoms with Crippen LogP contribution in [-0.2, 0) is 6.54 Å². The standard InChI is InChI=1S/C11H18N2S/c1-9-3-10(2)5-13(4-9)6-11-7-14-8-12-11/h7-10H,3-6H2,1-2H3. The van der Waals surface area contributed by atoms with Crippen LogP contribution >= 0.6 is 11.3 Å². The van der Waals surface area contributed by atoms with Crippen molar-refractivity contribution >= 4 is 11.3 Å². The molecule has 0 radical (unpaired) electrons. The molecule has 0 spiro atoms. The van der Waals surface area contributed by atoms with E-state index >= 15 is 0 Å². The van der Waals surface area contributed by atoms with Crippen molar-refractivity contribution in [3.8, 4) is 0 Å². The molecule has 2 unspecified atom stereocenters. The van der Waals surface area contributed by atoms with Crippen LogP contribution < -0.4 is 0 Å². The van der Waals surface area contributed by atoms with E-state index in [0.29, 0.717) is 0 Å². The van der Waals surface area contributed by atoms with Crippen molar-refractivity contribution in [1.82, 2.24) is 9.88 Å². The maximum Gasteiger partial charge on any atom is 0.0795 e. The normalized spacial score (nSPS) is 29.3. The summed E-state index contributed by atoms with van der Waals surface area (Å²) in [6, 6.07) is 0. The van der Waals surface area contributed by atoms with Gasteiger partial charge in [0.2, 0.25) is 0 Å². The Morgan fingerprint density at radius 2 is 2.14 bits per heavy atom. The Morgan fingerprint density at radius 3 is 2.71 bits per heavy atom. The second-order valence-electron chi connectivity index (χ2n) is 4.62. The predicted octanol–water partition coefficient (Wildman–Crippen LogP) is 2.62. The van der Waals surface area contributed by atoms with Crippen molar-refractivity contribution < 1.29 is 0 Å². The average Bonchev–Trinajstić information content (AvgIpc) is 2.54. The van der Waals surface area contributed by atoms with Gasteiger partial charge >= 0.3 is 0 Å². The first kappa shape index (κ1) is 10.1. The molecular formula is C11H18N2S. The van der Waals surface area contributed by atoms with Gasteiger partial charge in [-0.05, 0) is 18.3 Å². The van der Waals surface area contributed by atoms with Crippen LogP contribution in [0.25, 0.3) is 0 Å². The minimum Gasteiger partial charge on any atom is -0.297 e. The molecule has 0 bridgehead atoms. The molecule has 1 saturated heterocycles. The van der Waals surface area contributed by atoms with E-state index in [1.807, 2.05) is 5.51 Å². The molecule has 2 nitrogen and oxygen atoms in total. The minimum absolute atomic E-state index is 0.845. The third-order valence-corrected chi connectivity index (χ3v) is 3.45. The fourth-order valence-electron chi connectivity index (χ4n) is 2.47. The van der Waals surface area contributed by atoms with Gasteiger partial charge in [0.05, 0.1) is 11.2 Å². The van der Waals surface area contributed by atoms with Crippen LogP contribution in [0.4, 0.5) is 0 Å². The lowest BCUT2D eigenvalue weighted by Crippen LogP contribution is -2.38. The van der Waals surface area contributed by atoms with E-state index in [9.17, 15) is 0 Å². The number of thiazole rings is 1. The number of hydrogen-bond acceptors (Lipinski definition) is 3. The van der Waals surface area contributed by atoms with E-state index in [-0.39, 0.29) is 0 Å². The molecule has 2 heterocycles. The molecule has 0 saturated carbocycles. The van der Waals surface area contributed by atoms with Gasteiger partial charge in [-0.25, -0.2) is 4.98 Å². The summed E-state index contributed by atoms with van der Waals surface area (Å²) in [5.41, 5.74) is 3.16. The lowest BCUT2D eigenvalue weighted by molar-refractivity contribution is 0.133. The van der Waals surface area contributed by atoms with Crippen molar-refractivity contribution in [2.45, 2.75) is 26.8 Å². The predicted molar refractivity (Wildman–Crippen MR) is 60.3 cm³/mol. The van der Waals surface area contributed by atoms with Crippen LogP contribution in [0.3, 0.4) is 0 Å². The molecule has 78 valence electrons. The highest BCUT2D eigenvalue weighted by atomic mass is 32.1. The molecule has 0 aliphatic carbocycles. The third-order valence-electron chi connectivity index (χ3n) is 2.81. The lowest BCUT2D eigenvalue weighted by Gasteiger charge is -2.34. The van der Waals surface area contributed by atoms with E-state index < -0.39 is 0 Å². The Morgan fingerprint density at radius 1 is 1.43 bits per heavy atom. The van der Waals surface area contributed by atoms with Crippen LogP contribution in [-0.4, -0.2) is 23.0 Å². The van der Waals surface area contributed by atoms with Crippen LogP contribution in [0.2, 0.25) is 0 Å². The minimum atomic E-state index is 0.845. The molecule has 0 N–H and O–H groups in total. The summed E-state index contributed by atoms with van der Waals surface area (Å²) in [4.78, 5) is 6.87. The fraction of sp³-hybridized carbons (Fsp3) is 0.727. The maximum absolute atomic E-state index is 4.34. The lowest BCUT2D eigenvalue weighted by atomic mass is 9.92. The van der Waals surface area contributed by atoms with Gasteiger partial charge in [-0.1, -0.05) is 13.8 Å². The highest BCUT2D eigenvalue weighted by Crippen LogP contribution is 2.22. The van der Waals surface area contributed by atoms with E-state index in [1.165, 1.54) is 25.2 Å². The first-order valence-electron chi connectivity index (χ1n) is 5.33. The molecule has 1 aliphatic heterocycles. The van der Waals surface area contributed by atoms with E-state index in [4.69, 9.17) is 0 Å². The smallest absolute Gasteiger partial charge is 0.0795 e. The first-order valence-corrected chi connectivity index (χ1v) is 6.27. The van der Waals surface area contributed by atoms with Crippen molar-refractivity contribution in [1.29, 1.82) is 0 Å². The monoisotopic (exact) mass is 210 g/mol. The average molecular weight is 210 g/mol. The fourth-order valence-corrected chi connectivity index (χ4v) is 3.02. The number of piperidine rings is 1. The highest BCUT2D eigenvalue weighted by molar-refractivity contribution is 7.07. The Bertz CT molecular complexity index is 261. The second-order valence-corrected chi connectivity index (χ2v) is 5.34. The Labute approximate surface area is 90.0 Å². The molecule has 1 aromatic rings. The molecule has 2 rings (SSSR count). The number of aromatic nitrogens is 1. The van der Waals surface area contributed by atoms with Crippen LogP contribution in [0, 0.1) is 11.8 Å². The third kappa shape index (κ3) is 2.55. The summed E-state index contributed by atoms with van der Waals surface area (Å²) in [6.45, 7) is 8.22. The maximum atomic E-state index is 4.34. The van der Waals surface area contributed by atoms with E-state index in [2.05, 4.69) is 29.1 Å². The molecule has 1 aliphatic rings. The Balaban J connectivity index is 1.91. The van der Waals surface area contributed by atoms with E-state index in [0.717, 1.165) is 18.4 Å². The van der Waals surface area contributed by atoms with E-state index in [1.54, 1.807) is 11.3 Å². The summed E-state index contributed by atoms with van der Waals surface area (Å²) >= 11 is 1.69. The van der Waals surface area contributed by atoms with Crippen molar-refractivity contribution in [2.75, 3.05) is 13.1 Å². The summed E-state index contributed by atoms with van der Waals surface area (Å²) in [5.74, 6) is 1.69. The van der Waals surface area contributed by atoms with Gasteiger partial charge in [-0.3, -0.25) is 4.90 Å². The second kappa shape index (κ2) is 4.41. The molecule has 1 aromatic heterocycles. The van der Waals surface area contributed by atoms with Gasteiger partial charge in [0, 0.05) is 25.0 Å². The van der Waals surface area contributed by atoms with Gasteiger partial charge in [0.15, 0.2) is 0 Å². The molecule has 1 fully saturated rings. The van der Waals surface area contributed by atoms with Crippen molar-refractivity contribution in [3.05, 3.63) is 16.6 Å². The van der Waals surface area contributed by atoms with Gasteiger partial charge in [-0.15, -0.1) is 11.3 Å². The zero-order chi connectivity index (χ0) is 9.97. The van der Waals surface area contributed by atoms with Crippen LogP contribution in [0.1, 0.15) is 26.0 Å². The van der Waals surface area contributed by atoms with Gasteiger partial charge in [0.1, 0.15) is 0 Å². The topological polar surface area (TPSA) is 16.1 Å². The number of likely N-dealkylation sites (tertiary alicyclic amines) is 1. The van der Waals surface area contributed by atoms with Gasteiger partial charge < -0.3 is 0 Å². The molecule has 0 aromatic carbocycles. The van der Waals surface area contributed by atoms with Crippen molar-refractivity contribution in [2.24, 2.45) is 11.8 Å². The zero-order valence-corrected chi connectivity index (χ0v) is 9.76. The number of rotatable bonds is 2. The number of nitrogens with zero attached hydrogens (tertiary/aromatic N) is 2. The molecule has 14 heavy (non-hydrogen) atoms. The number of hydrogen-bond donors (Lipinski definition) is 0. The zero-order valence-electron chi connectivity index (χ0n) is 8.94. The summed E-state index contributed by atoms with van der Waals surface area (Å²) < 4.78 is 0. The first-order chi connectivity index (χ1) is 6.74. The largest absolute Gasteiger partial charge is 0.297 e. The molecule has 0 amide bonds. The van der Waals surface area contributed by atoms with Crippen LogP contribution in [0.15, 0.2) is 10.9 Å². The van der Waals surface area contributed by atoms with Gasteiger partial charge in [-0.2, -0.15) is 0 Å². The quantitative estimate of drug-likeness (QED) is 0.746. The SMILES string of the molecule is CC1CC(C)CN(Cc2cscn2)C1.